The van der Waals surface area contributed by atoms with Gasteiger partial charge in [0.05, 0.1) is 6.04 Å². The second-order valence-electron chi connectivity index (χ2n) is 6.02. The average molecular weight is 358 g/mol. The molecule has 1 amide bonds. The zero-order valence-electron chi connectivity index (χ0n) is 14.3. The summed E-state index contributed by atoms with van der Waals surface area (Å²) >= 11 is 0. The van der Waals surface area contributed by atoms with E-state index in [1.807, 2.05) is 30.3 Å². The summed E-state index contributed by atoms with van der Waals surface area (Å²) in [5, 5.41) is 12.6. The number of aliphatic hydroxyl groups excluding tert-OH is 1. The van der Waals surface area contributed by atoms with Gasteiger partial charge < -0.3 is 30.4 Å². The number of hydrogen-bond acceptors (Lipinski definition) is 6. The van der Waals surface area contributed by atoms with E-state index in [-0.39, 0.29) is 25.9 Å². The lowest BCUT2D eigenvalue weighted by Gasteiger charge is -2.16. The van der Waals surface area contributed by atoms with Gasteiger partial charge in [-0.25, -0.2) is 0 Å². The first-order valence-electron chi connectivity index (χ1n) is 8.39. The molecule has 4 N–H and O–H groups in total. The van der Waals surface area contributed by atoms with Crippen molar-refractivity contribution in [2.75, 3.05) is 19.9 Å². The normalized spacial score (nSPS) is 14.5. The molecule has 0 radical (unpaired) electrons. The number of hydrogen-bond donors (Lipinski definition) is 3. The first-order valence-corrected chi connectivity index (χ1v) is 8.39. The van der Waals surface area contributed by atoms with Crippen LogP contribution < -0.4 is 25.3 Å². The van der Waals surface area contributed by atoms with E-state index in [0.717, 1.165) is 5.56 Å². The fraction of sp³-hybridized carbons (Fsp3) is 0.316. The molecular weight excluding hydrogens is 336 g/mol. The molecule has 1 heterocycles. The maximum atomic E-state index is 12.0. The van der Waals surface area contributed by atoms with Gasteiger partial charge in [-0.2, -0.15) is 0 Å². The summed E-state index contributed by atoms with van der Waals surface area (Å²) in [5.41, 5.74) is 6.89. The molecule has 2 aromatic rings. The first-order chi connectivity index (χ1) is 12.6. The summed E-state index contributed by atoms with van der Waals surface area (Å²) in [6.07, 6.45) is -0.412. The van der Waals surface area contributed by atoms with Crippen molar-refractivity contribution in [1.82, 2.24) is 5.32 Å². The largest absolute Gasteiger partial charge is 0.491 e. The molecule has 3 rings (SSSR count). The highest BCUT2D eigenvalue weighted by Gasteiger charge is 2.17. The maximum Gasteiger partial charge on any atom is 0.237 e. The van der Waals surface area contributed by atoms with Crippen LogP contribution >= 0.6 is 0 Å². The predicted octanol–water partition coefficient (Wildman–Crippen LogP) is 0.841. The Bertz CT molecular complexity index is 738. The molecule has 0 saturated carbocycles. The molecule has 26 heavy (non-hydrogen) atoms. The van der Waals surface area contributed by atoms with E-state index in [1.165, 1.54) is 0 Å². The van der Waals surface area contributed by atoms with Crippen LogP contribution in [0.2, 0.25) is 0 Å². The number of aliphatic hydroxyl groups is 1. The molecule has 0 aliphatic carbocycles. The molecule has 0 saturated heterocycles. The van der Waals surface area contributed by atoms with E-state index in [0.29, 0.717) is 23.7 Å². The SMILES string of the molecule is N[C@@H](Cc1ccccc1)C(=O)NCC(O)COc1ccc2c(c1)OCO2. The van der Waals surface area contributed by atoms with E-state index in [9.17, 15) is 9.90 Å². The highest BCUT2D eigenvalue weighted by Crippen LogP contribution is 2.35. The topological polar surface area (TPSA) is 103 Å². The Labute approximate surface area is 151 Å². The molecule has 1 unspecified atom stereocenters. The zero-order chi connectivity index (χ0) is 18.4. The van der Waals surface area contributed by atoms with Gasteiger partial charge >= 0.3 is 0 Å². The van der Waals surface area contributed by atoms with Gasteiger partial charge in [-0.3, -0.25) is 4.79 Å². The van der Waals surface area contributed by atoms with Gasteiger partial charge in [0.15, 0.2) is 11.5 Å². The number of amides is 1. The number of benzene rings is 2. The minimum absolute atomic E-state index is 0.0356. The number of carbonyl (C=O) groups excluding carboxylic acids is 1. The third-order valence-electron chi connectivity index (χ3n) is 3.93. The van der Waals surface area contributed by atoms with Crippen molar-refractivity contribution >= 4 is 5.91 Å². The van der Waals surface area contributed by atoms with Crippen LogP contribution in [0.3, 0.4) is 0 Å². The van der Waals surface area contributed by atoms with Gasteiger partial charge in [0.1, 0.15) is 18.5 Å². The molecule has 1 aliphatic heterocycles. The van der Waals surface area contributed by atoms with Crippen molar-refractivity contribution in [3.8, 4) is 17.2 Å². The smallest absolute Gasteiger partial charge is 0.237 e. The molecule has 0 bridgehead atoms. The van der Waals surface area contributed by atoms with Gasteiger partial charge in [0, 0.05) is 12.6 Å². The van der Waals surface area contributed by atoms with E-state index in [4.69, 9.17) is 19.9 Å². The van der Waals surface area contributed by atoms with Gasteiger partial charge in [0.25, 0.3) is 0 Å². The van der Waals surface area contributed by atoms with Crippen LogP contribution in [0.1, 0.15) is 5.56 Å². The summed E-state index contributed by atoms with van der Waals surface area (Å²) in [6, 6.07) is 14.0. The van der Waals surface area contributed by atoms with Crippen LogP contribution in [0.5, 0.6) is 17.2 Å². The highest BCUT2D eigenvalue weighted by molar-refractivity contribution is 5.81. The van der Waals surface area contributed by atoms with Crippen molar-refractivity contribution in [1.29, 1.82) is 0 Å². The highest BCUT2D eigenvalue weighted by atomic mass is 16.7. The summed E-state index contributed by atoms with van der Waals surface area (Å²) in [7, 11) is 0. The van der Waals surface area contributed by atoms with E-state index in [2.05, 4.69) is 5.32 Å². The maximum absolute atomic E-state index is 12.0. The Morgan fingerprint density at radius 3 is 2.77 bits per heavy atom. The Morgan fingerprint density at radius 2 is 1.96 bits per heavy atom. The minimum atomic E-state index is -0.853. The molecule has 0 fully saturated rings. The fourth-order valence-electron chi connectivity index (χ4n) is 2.53. The molecule has 138 valence electrons. The number of nitrogens with two attached hydrogens (primary N) is 1. The number of ether oxygens (including phenoxy) is 3. The monoisotopic (exact) mass is 358 g/mol. The van der Waals surface area contributed by atoms with Gasteiger partial charge in [-0.1, -0.05) is 30.3 Å². The van der Waals surface area contributed by atoms with Gasteiger partial charge in [0.2, 0.25) is 12.7 Å². The van der Waals surface area contributed by atoms with E-state index >= 15 is 0 Å². The summed E-state index contributed by atoms with van der Waals surface area (Å²) < 4.78 is 16.0. The standard InChI is InChI=1S/C19H22N2O5/c20-16(8-13-4-2-1-3-5-13)19(23)21-10-14(22)11-24-15-6-7-17-18(9-15)26-12-25-17/h1-7,9,14,16,22H,8,10-12,20H2,(H,21,23)/t14?,16-/m0/s1. The number of rotatable bonds is 8. The van der Waals surface area contributed by atoms with Crippen LogP contribution in [-0.2, 0) is 11.2 Å². The molecular formula is C19H22N2O5. The summed E-state index contributed by atoms with van der Waals surface area (Å²) in [5.74, 6) is 1.52. The lowest BCUT2D eigenvalue weighted by Crippen LogP contribution is -2.45. The molecule has 0 aromatic heterocycles. The molecule has 2 aromatic carbocycles. The Hall–Kier alpha value is -2.77. The minimum Gasteiger partial charge on any atom is -0.491 e. The van der Waals surface area contributed by atoms with Crippen LogP contribution in [-0.4, -0.2) is 43.1 Å². The predicted molar refractivity (Wildman–Crippen MR) is 95.2 cm³/mol. The third kappa shape index (κ3) is 4.87. The van der Waals surface area contributed by atoms with Gasteiger partial charge in [-0.15, -0.1) is 0 Å². The molecule has 2 atom stereocenters. The quantitative estimate of drug-likeness (QED) is 0.646. The lowest BCUT2D eigenvalue weighted by atomic mass is 10.1. The van der Waals surface area contributed by atoms with E-state index in [1.54, 1.807) is 18.2 Å². The van der Waals surface area contributed by atoms with Gasteiger partial charge in [-0.05, 0) is 24.1 Å². The zero-order valence-corrected chi connectivity index (χ0v) is 14.3. The first kappa shape index (κ1) is 18.0. The molecule has 0 spiro atoms. The summed E-state index contributed by atoms with van der Waals surface area (Å²) in [4.78, 5) is 12.0. The Morgan fingerprint density at radius 1 is 1.19 bits per heavy atom. The van der Waals surface area contributed by atoms with Crippen molar-refractivity contribution in [2.45, 2.75) is 18.6 Å². The van der Waals surface area contributed by atoms with E-state index < -0.39 is 12.1 Å². The molecule has 1 aliphatic rings. The van der Waals surface area contributed by atoms with Crippen LogP contribution in [0.15, 0.2) is 48.5 Å². The Kier molecular flexibility index (Phi) is 5.93. The Balaban J connectivity index is 1.39. The van der Waals surface area contributed by atoms with Crippen molar-refractivity contribution < 1.29 is 24.1 Å². The third-order valence-corrected chi connectivity index (χ3v) is 3.93. The lowest BCUT2D eigenvalue weighted by molar-refractivity contribution is -0.122. The average Bonchev–Trinajstić information content (AvgIpc) is 3.13. The van der Waals surface area contributed by atoms with Crippen LogP contribution in [0.4, 0.5) is 0 Å². The van der Waals surface area contributed by atoms with Crippen LogP contribution in [0, 0.1) is 0 Å². The number of fused-ring (bicyclic) bond motifs is 1. The van der Waals surface area contributed by atoms with Crippen molar-refractivity contribution in [2.24, 2.45) is 5.73 Å². The second-order valence-corrected chi connectivity index (χ2v) is 6.02. The van der Waals surface area contributed by atoms with Crippen LogP contribution in [0.25, 0.3) is 0 Å². The summed E-state index contributed by atoms with van der Waals surface area (Å²) in [6.45, 7) is 0.288. The second kappa shape index (κ2) is 8.55. The van der Waals surface area contributed by atoms with Crippen molar-refractivity contribution in [3.05, 3.63) is 54.1 Å². The molecule has 7 heteroatoms. The molecule has 7 nitrogen and oxygen atoms in total. The van der Waals surface area contributed by atoms with Crippen molar-refractivity contribution in [3.63, 3.8) is 0 Å². The fourth-order valence-corrected chi connectivity index (χ4v) is 2.53. The number of nitrogens with one attached hydrogen (secondary N) is 1. The number of carbonyl (C=O) groups is 1.